The quantitative estimate of drug-likeness (QED) is 0.882. The molecule has 1 aliphatic rings. The summed E-state index contributed by atoms with van der Waals surface area (Å²) in [7, 11) is 0. The molecule has 98 valence electrons. The molecule has 4 heteroatoms. The maximum atomic E-state index is 11.8. The molecule has 1 aromatic rings. The number of hydrogen-bond acceptors (Lipinski definition) is 3. The average Bonchev–Trinajstić information content (AvgIpc) is 2.30. The van der Waals surface area contributed by atoms with Crippen molar-refractivity contribution < 1.29 is 4.79 Å². The highest BCUT2D eigenvalue weighted by atomic mass is 32.2. The van der Waals surface area contributed by atoms with Gasteiger partial charge in [-0.05, 0) is 50.4 Å². The van der Waals surface area contributed by atoms with E-state index in [0.29, 0.717) is 12.5 Å². The van der Waals surface area contributed by atoms with Crippen molar-refractivity contribution in [2.45, 2.75) is 36.8 Å². The third-order valence-electron chi connectivity index (χ3n) is 3.19. The van der Waals surface area contributed by atoms with Crippen LogP contribution in [-0.4, -0.2) is 17.2 Å². The first-order valence-corrected chi connectivity index (χ1v) is 7.07. The summed E-state index contributed by atoms with van der Waals surface area (Å²) < 4.78 is -0.398. The van der Waals surface area contributed by atoms with Crippen LogP contribution in [0.15, 0.2) is 23.1 Å². The second kappa shape index (κ2) is 4.94. The Morgan fingerprint density at radius 3 is 2.83 bits per heavy atom. The predicted molar refractivity (Wildman–Crippen MR) is 76.9 cm³/mol. The number of nitrogens with one attached hydrogen (secondary N) is 1. The Morgan fingerprint density at radius 1 is 1.44 bits per heavy atom. The highest BCUT2D eigenvalue weighted by molar-refractivity contribution is 8.01. The molecule has 1 amide bonds. The Labute approximate surface area is 113 Å². The number of carbonyl (C=O) groups excluding carboxylic acids is 1. The molecular formula is C14H20N2OS. The molecule has 18 heavy (non-hydrogen) atoms. The van der Waals surface area contributed by atoms with Gasteiger partial charge >= 0.3 is 0 Å². The van der Waals surface area contributed by atoms with Crippen LogP contribution in [0.3, 0.4) is 0 Å². The van der Waals surface area contributed by atoms with E-state index in [1.807, 2.05) is 19.9 Å². The summed E-state index contributed by atoms with van der Waals surface area (Å²) in [5.74, 6) is 0.558. The summed E-state index contributed by atoms with van der Waals surface area (Å²) in [5.41, 5.74) is 7.86. The molecule has 0 radical (unpaired) electrons. The molecule has 3 N–H and O–H groups in total. The molecule has 0 saturated carbocycles. The minimum atomic E-state index is -0.398. The molecular weight excluding hydrogens is 244 g/mol. The number of amides is 1. The average molecular weight is 264 g/mol. The van der Waals surface area contributed by atoms with Gasteiger partial charge in [0.1, 0.15) is 0 Å². The lowest BCUT2D eigenvalue weighted by atomic mass is 10.0. The molecule has 2 rings (SSSR count). The number of anilines is 1. The van der Waals surface area contributed by atoms with Crippen molar-refractivity contribution in [2.75, 3.05) is 11.9 Å². The fourth-order valence-corrected chi connectivity index (χ4v) is 3.09. The van der Waals surface area contributed by atoms with Crippen molar-refractivity contribution in [1.82, 2.24) is 0 Å². The van der Waals surface area contributed by atoms with Crippen LogP contribution in [0.5, 0.6) is 0 Å². The van der Waals surface area contributed by atoms with Gasteiger partial charge in [0.25, 0.3) is 0 Å². The second-order valence-corrected chi connectivity index (χ2v) is 7.11. The number of fused-ring (bicyclic) bond motifs is 1. The highest BCUT2D eigenvalue weighted by Gasteiger charge is 2.34. The minimum absolute atomic E-state index is 0.0723. The van der Waals surface area contributed by atoms with Gasteiger partial charge in [0.05, 0.1) is 10.4 Å². The van der Waals surface area contributed by atoms with E-state index in [9.17, 15) is 4.79 Å². The van der Waals surface area contributed by atoms with Gasteiger partial charge in [-0.2, -0.15) is 0 Å². The summed E-state index contributed by atoms with van der Waals surface area (Å²) in [6, 6.07) is 6.24. The molecule has 0 spiro atoms. The monoisotopic (exact) mass is 264 g/mol. The van der Waals surface area contributed by atoms with E-state index in [1.165, 1.54) is 5.56 Å². The number of carbonyl (C=O) groups is 1. The van der Waals surface area contributed by atoms with Gasteiger partial charge in [0, 0.05) is 4.90 Å². The maximum absolute atomic E-state index is 11.8. The van der Waals surface area contributed by atoms with Crippen LogP contribution in [0.2, 0.25) is 0 Å². The van der Waals surface area contributed by atoms with Gasteiger partial charge in [-0.1, -0.05) is 13.0 Å². The molecule has 3 nitrogen and oxygen atoms in total. The highest BCUT2D eigenvalue weighted by Crippen LogP contribution is 2.42. The van der Waals surface area contributed by atoms with Crippen LogP contribution in [0.4, 0.5) is 5.69 Å². The summed E-state index contributed by atoms with van der Waals surface area (Å²) in [4.78, 5) is 13.0. The zero-order valence-electron chi connectivity index (χ0n) is 11.1. The Kier molecular flexibility index (Phi) is 3.69. The molecule has 0 fully saturated rings. The van der Waals surface area contributed by atoms with E-state index in [1.54, 1.807) is 11.8 Å². The van der Waals surface area contributed by atoms with Gasteiger partial charge in [0.15, 0.2) is 0 Å². The van der Waals surface area contributed by atoms with Gasteiger partial charge in [-0.15, -0.1) is 11.8 Å². The SMILES string of the molecule is CC(CN)Cc1ccc2c(c1)SC(C)(C)C(=O)N2. The molecule has 0 aromatic heterocycles. The Bertz CT molecular complexity index is 471. The molecule has 1 heterocycles. The molecule has 1 unspecified atom stereocenters. The number of nitrogens with two attached hydrogens (primary N) is 1. The van der Waals surface area contributed by atoms with Crippen molar-refractivity contribution in [3.63, 3.8) is 0 Å². The number of benzene rings is 1. The smallest absolute Gasteiger partial charge is 0.240 e. The number of hydrogen-bond donors (Lipinski definition) is 2. The van der Waals surface area contributed by atoms with Crippen molar-refractivity contribution in [1.29, 1.82) is 0 Å². The molecule has 0 bridgehead atoms. The summed E-state index contributed by atoms with van der Waals surface area (Å²) >= 11 is 1.63. The van der Waals surface area contributed by atoms with E-state index in [4.69, 9.17) is 5.73 Å². The first kappa shape index (κ1) is 13.4. The summed E-state index contributed by atoms with van der Waals surface area (Å²) in [6.45, 7) is 6.75. The molecule has 1 atom stereocenters. The van der Waals surface area contributed by atoms with Crippen molar-refractivity contribution in [2.24, 2.45) is 11.7 Å². The third kappa shape index (κ3) is 2.70. The molecule has 0 aliphatic carbocycles. The van der Waals surface area contributed by atoms with Gasteiger partial charge in [-0.25, -0.2) is 0 Å². The van der Waals surface area contributed by atoms with Crippen molar-refractivity contribution in [3.8, 4) is 0 Å². The van der Waals surface area contributed by atoms with Crippen LogP contribution in [0.1, 0.15) is 26.3 Å². The van der Waals surface area contributed by atoms with E-state index in [0.717, 1.165) is 17.0 Å². The second-order valence-electron chi connectivity index (χ2n) is 5.44. The van der Waals surface area contributed by atoms with E-state index >= 15 is 0 Å². The van der Waals surface area contributed by atoms with E-state index in [-0.39, 0.29) is 5.91 Å². The largest absolute Gasteiger partial charge is 0.330 e. The standard InChI is InChI=1S/C14H20N2OS/c1-9(8-15)6-10-4-5-11-12(7-10)18-14(2,3)13(17)16-11/h4-5,7,9H,6,8,15H2,1-3H3,(H,16,17). The lowest BCUT2D eigenvalue weighted by Crippen LogP contribution is -2.37. The predicted octanol–water partition coefficient (Wildman–Crippen LogP) is 2.65. The maximum Gasteiger partial charge on any atom is 0.240 e. The Morgan fingerprint density at radius 2 is 2.17 bits per heavy atom. The van der Waals surface area contributed by atoms with Crippen LogP contribution < -0.4 is 11.1 Å². The van der Waals surface area contributed by atoms with Crippen molar-refractivity contribution in [3.05, 3.63) is 23.8 Å². The Hall–Kier alpha value is -1.00. The van der Waals surface area contributed by atoms with Gasteiger partial charge in [0.2, 0.25) is 5.91 Å². The number of rotatable bonds is 3. The fourth-order valence-electron chi connectivity index (χ4n) is 1.96. The Balaban J connectivity index is 2.25. The normalized spacial score (nSPS) is 19.0. The van der Waals surface area contributed by atoms with Crippen LogP contribution in [0, 0.1) is 5.92 Å². The zero-order valence-corrected chi connectivity index (χ0v) is 11.9. The van der Waals surface area contributed by atoms with Gasteiger partial charge < -0.3 is 11.1 Å². The lowest BCUT2D eigenvalue weighted by Gasteiger charge is -2.30. The summed E-state index contributed by atoms with van der Waals surface area (Å²) in [5, 5.41) is 2.96. The molecule has 0 saturated heterocycles. The third-order valence-corrected chi connectivity index (χ3v) is 4.45. The van der Waals surface area contributed by atoms with Crippen molar-refractivity contribution >= 4 is 23.4 Å². The van der Waals surface area contributed by atoms with E-state index in [2.05, 4.69) is 24.4 Å². The molecule has 1 aliphatic heterocycles. The lowest BCUT2D eigenvalue weighted by molar-refractivity contribution is -0.117. The van der Waals surface area contributed by atoms with Crippen LogP contribution >= 0.6 is 11.8 Å². The fraction of sp³-hybridized carbons (Fsp3) is 0.500. The number of thioether (sulfide) groups is 1. The van der Waals surface area contributed by atoms with Gasteiger partial charge in [-0.3, -0.25) is 4.79 Å². The summed E-state index contributed by atoms with van der Waals surface area (Å²) in [6.07, 6.45) is 0.985. The van der Waals surface area contributed by atoms with E-state index < -0.39 is 4.75 Å². The first-order chi connectivity index (χ1) is 8.42. The zero-order chi connectivity index (χ0) is 13.3. The van der Waals surface area contributed by atoms with Crippen LogP contribution in [-0.2, 0) is 11.2 Å². The minimum Gasteiger partial charge on any atom is -0.330 e. The molecule has 1 aromatic carbocycles. The first-order valence-electron chi connectivity index (χ1n) is 6.26. The van der Waals surface area contributed by atoms with Crippen LogP contribution in [0.25, 0.3) is 0 Å². The topological polar surface area (TPSA) is 55.1 Å².